The first kappa shape index (κ1) is 12.8. The monoisotopic (exact) mass is 266 g/mol. The van der Waals surface area contributed by atoms with E-state index in [0.29, 0.717) is 0 Å². The van der Waals surface area contributed by atoms with Crippen LogP contribution in [0.5, 0.6) is 0 Å². The molecule has 4 nitrogen and oxygen atoms in total. The van der Waals surface area contributed by atoms with E-state index >= 15 is 0 Å². The molecule has 0 amide bonds. The Bertz CT molecular complexity index is 758. The molecule has 0 radical (unpaired) electrons. The van der Waals surface area contributed by atoms with Crippen molar-refractivity contribution in [2.45, 2.75) is 20.4 Å². The minimum absolute atomic E-state index is 0.785. The molecule has 0 fully saturated rings. The van der Waals surface area contributed by atoms with Crippen molar-refractivity contribution < 1.29 is 0 Å². The third-order valence-corrected chi connectivity index (χ3v) is 3.63. The Morgan fingerprint density at radius 3 is 2.75 bits per heavy atom. The van der Waals surface area contributed by atoms with Crippen LogP contribution in [-0.2, 0) is 6.54 Å². The highest BCUT2D eigenvalue weighted by molar-refractivity contribution is 5.79. The third kappa shape index (κ3) is 2.08. The van der Waals surface area contributed by atoms with Crippen LogP contribution in [0.1, 0.15) is 16.7 Å². The molecule has 2 aromatic heterocycles. The molecular weight excluding hydrogens is 248 g/mol. The van der Waals surface area contributed by atoms with E-state index in [1.165, 1.54) is 11.1 Å². The Hall–Kier alpha value is -2.20. The average molecular weight is 266 g/mol. The fourth-order valence-electron chi connectivity index (χ4n) is 2.41. The normalized spacial score (nSPS) is 11.2. The third-order valence-electron chi connectivity index (χ3n) is 3.63. The maximum absolute atomic E-state index is 4.52. The Kier molecular flexibility index (Phi) is 3.24. The summed E-state index contributed by atoms with van der Waals surface area (Å²) >= 11 is 0. The highest BCUT2D eigenvalue weighted by Crippen LogP contribution is 2.22. The molecule has 0 atom stereocenters. The molecule has 0 saturated carbocycles. The minimum Gasteiger partial charge on any atom is -0.316 e. The summed E-state index contributed by atoms with van der Waals surface area (Å²) in [7, 11) is 1.94. The number of aromatic nitrogens is 3. The van der Waals surface area contributed by atoms with Gasteiger partial charge in [0.05, 0.1) is 11.0 Å². The summed E-state index contributed by atoms with van der Waals surface area (Å²) in [4.78, 5) is 9.03. The van der Waals surface area contributed by atoms with Gasteiger partial charge in [0.25, 0.3) is 0 Å². The molecule has 1 N–H and O–H groups in total. The molecule has 20 heavy (non-hydrogen) atoms. The predicted octanol–water partition coefficient (Wildman–Crippen LogP) is 2.76. The molecule has 2 heterocycles. The summed E-state index contributed by atoms with van der Waals surface area (Å²) in [5.41, 5.74) is 5.80. The zero-order valence-electron chi connectivity index (χ0n) is 12.0. The van der Waals surface area contributed by atoms with Gasteiger partial charge in [0.1, 0.15) is 12.1 Å². The summed E-state index contributed by atoms with van der Waals surface area (Å²) in [6, 6.07) is 8.35. The van der Waals surface area contributed by atoms with Gasteiger partial charge in [0.15, 0.2) is 0 Å². The summed E-state index contributed by atoms with van der Waals surface area (Å²) in [5, 5.41) is 3.18. The Balaban J connectivity index is 2.22. The van der Waals surface area contributed by atoms with Gasteiger partial charge in [-0.2, -0.15) is 0 Å². The summed E-state index contributed by atoms with van der Waals surface area (Å²) in [5.74, 6) is 0.938. The van der Waals surface area contributed by atoms with E-state index in [0.717, 1.165) is 29.0 Å². The zero-order valence-corrected chi connectivity index (χ0v) is 12.0. The second-order valence-corrected chi connectivity index (χ2v) is 5.06. The van der Waals surface area contributed by atoms with E-state index in [-0.39, 0.29) is 0 Å². The molecule has 102 valence electrons. The lowest BCUT2D eigenvalue weighted by Gasteiger charge is -2.10. The molecule has 0 saturated heterocycles. The van der Waals surface area contributed by atoms with Crippen molar-refractivity contribution in [3.8, 4) is 5.82 Å². The Labute approximate surface area is 118 Å². The van der Waals surface area contributed by atoms with Gasteiger partial charge >= 0.3 is 0 Å². The van der Waals surface area contributed by atoms with Crippen molar-refractivity contribution in [1.29, 1.82) is 0 Å². The lowest BCUT2D eigenvalue weighted by molar-refractivity contribution is 0.800. The maximum atomic E-state index is 4.52. The SMILES string of the molecule is CNCc1cccnc1-n1cnc2cc(C)c(C)cc21. The number of pyridine rings is 1. The smallest absolute Gasteiger partial charge is 0.142 e. The summed E-state index contributed by atoms with van der Waals surface area (Å²) < 4.78 is 2.06. The van der Waals surface area contributed by atoms with Crippen molar-refractivity contribution in [2.24, 2.45) is 0 Å². The molecule has 0 aliphatic carbocycles. The van der Waals surface area contributed by atoms with Gasteiger partial charge in [-0.3, -0.25) is 4.57 Å². The van der Waals surface area contributed by atoms with Crippen LogP contribution in [0.25, 0.3) is 16.9 Å². The first-order chi connectivity index (χ1) is 9.70. The minimum atomic E-state index is 0.785. The van der Waals surface area contributed by atoms with Crippen LogP contribution >= 0.6 is 0 Å². The Morgan fingerprint density at radius 1 is 1.15 bits per heavy atom. The van der Waals surface area contributed by atoms with Crippen LogP contribution in [0.15, 0.2) is 36.8 Å². The van der Waals surface area contributed by atoms with Gasteiger partial charge in [-0.1, -0.05) is 6.07 Å². The van der Waals surface area contributed by atoms with Crippen LogP contribution in [-0.4, -0.2) is 21.6 Å². The van der Waals surface area contributed by atoms with Gasteiger partial charge in [-0.05, 0) is 50.2 Å². The van der Waals surface area contributed by atoms with Crippen molar-refractivity contribution >= 4 is 11.0 Å². The highest BCUT2D eigenvalue weighted by atomic mass is 15.1. The van der Waals surface area contributed by atoms with Crippen LogP contribution in [0.2, 0.25) is 0 Å². The zero-order chi connectivity index (χ0) is 14.1. The molecule has 0 aliphatic heterocycles. The number of rotatable bonds is 3. The fraction of sp³-hybridized carbons (Fsp3) is 0.250. The van der Waals surface area contributed by atoms with E-state index in [1.807, 2.05) is 25.6 Å². The van der Waals surface area contributed by atoms with E-state index in [9.17, 15) is 0 Å². The van der Waals surface area contributed by atoms with E-state index in [2.05, 4.69) is 51.9 Å². The molecule has 3 aromatic rings. The lowest BCUT2D eigenvalue weighted by Crippen LogP contribution is -2.10. The van der Waals surface area contributed by atoms with E-state index < -0.39 is 0 Å². The lowest BCUT2D eigenvalue weighted by atomic mass is 10.1. The predicted molar refractivity (Wildman–Crippen MR) is 81.1 cm³/mol. The van der Waals surface area contributed by atoms with Crippen molar-refractivity contribution in [1.82, 2.24) is 19.9 Å². The van der Waals surface area contributed by atoms with Gasteiger partial charge in [-0.15, -0.1) is 0 Å². The van der Waals surface area contributed by atoms with Crippen molar-refractivity contribution in [3.05, 3.63) is 53.5 Å². The summed E-state index contributed by atoms with van der Waals surface area (Å²) in [6.07, 6.45) is 3.67. The van der Waals surface area contributed by atoms with Crippen molar-refractivity contribution in [3.63, 3.8) is 0 Å². The number of hydrogen-bond acceptors (Lipinski definition) is 3. The molecule has 0 aliphatic rings. The summed E-state index contributed by atoms with van der Waals surface area (Å²) in [6.45, 7) is 5.02. The number of imidazole rings is 1. The fourth-order valence-corrected chi connectivity index (χ4v) is 2.41. The van der Waals surface area contributed by atoms with Crippen LogP contribution in [0.3, 0.4) is 0 Å². The van der Waals surface area contributed by atoms with Crippen molar-refractivity contribution in [2.75, 3.05) is 7.05 Å². The molecule has 0 unspecified atom stereocenters. The van der Waals surface area contributed by atoms with Gasteiger partial charge < -0.3 is 5.32 Å². The quantitative estimate of drug-likeness (QED) is 0.792. The first-order valence-electron chi connectivity index (χ1n) is 6.74. The molecule has 0 spiro atoms. The van der Waals surface area contributed by atoms with Gasteiger partial charge in [0, 0.05) is 18.3 Å². The molecule has 0 bridgehead atoms. The standard InChI is InChI=1S/C16H18N4/c1-11-7-14-15(8-12(11)2)20(10-19-14)16-13(9-17-3)5-4-6-18-16/h4-8,10,17H,9H2,1-3H3. The first-order valence-corrected chi connectivity index (χ1v) is 6.74. The molecule has 3 rings (SSSR count). The maximum Gasteiger partial charge on any atom is 0.142 e. The average Bonchev–Trinajstić information content (AvgIpc) is 2.83. The number of hydrogen-bond donors (Lipinski definition) is 1. The van der Waals surface area contributed by atoms with Gasteiger partial charge in [0.2, 0.25) is 0 Å². The molecular formula is C16H18N4. The van der Waals surface area contributed by atoms with Crippen LogP contribution in [0.4, 0.5) is 0 Å². The number of nitrogens with one attached hydrogen (secondary N) is 1. The van der Waals surface area contributed by atoms with Gasteiger partial charge in [-0.25, -0.2) is 9.97 Å². The second-order valence-electron chi connectivity index (χ2n) is 5.06. The van der Waals surface area contributed by atoms with Crippen LogP contribution in [0, 0.1) is 13.8 Å². The topological polar surface area (TPSA) is 42.7 Å². The molecule has 1 aromatic carbocycles. The number of fused-ring (bicyclic) bond motifs is 1. The molecule has 4 heteroatoms. The highest BCUT2D eigenvalue weighted by Gasteiger charge is 2.10. The Morgan fingerprint density at radius 2 is 1.95 bits per heavy atom. The number of nitrogens with zero attached hydrogens (tertiary/aromatic N) is 3. The number of benzene rings is 1. The number of aryl methyl sites for hydroxylation is 2. The van der Waals surface area contributed by atoms with E-state index in [1.54, 1.807) is 0 Å². The second kappa shape index (κ2) is 5.06. The van der Waals surface area contributed by atoms with E-state index in [4.69, 9.17) is 0 Å². The van der Waals surface area contributed by atoms with Crippen LogP contribution < -0.4 is 5.32 Å². The largest absolute Gasteiger partial charge is 0.316 e.